The summed E-state index contributed by atoms with van der Waals surface area (Å²) in [6, 6.07) is 0. The first-order valence-electron chi connectivity index (χ1n) is 32.9. The van der Waals surface area contributed by atoms with Crippen LogP contribution in [0.2, 0.25) is 0 Å². The average molecular weight is 1140 g/mol. The van der Waals surface area contributed by atoms with E-state index in [0.717, 1.165) is 109 Å². The number of carbonyl (C=O) groups excluding carboxylic acids is 3. The quantitative estimate of drug-likeness (QED) is 0.0228. The Bertz CT molecular complexity index is 1680. The fourth-order valence-corrected chi connectivity index (χ4v) is 9.74. The number of ether oxygens (including phenoxy) is 5. The van der Waals surface area contributed by atoms with Crippen LogP contribution >= 0.6 is 0 Å². The number of carboxylic acids is 1. The minimum Gasteiger partial charge on any atom is -0.479 e. The normalized spacial score (nSPS) is 18.2. The van der Waals surface area contributed by atoms with Crippen molar-refractivity contribution in [3.05, 3.63) is 72.9 Å². The SMILES string of the molecule is CC/C=C\C/C=C\C/C=C\C/C=C\CCCCCCC(=O)OC1C(OCC(COC(=O)CCCCCCCCC/C=C\C/C=C\CCCCC)OC(=O)CCCCCCCCCCCCCCCCCCC)OC(C(=O)O)C(O)C1O. The first kappa shape index (κ1) is 75.2. The van der Waals surface area contributed by atoms with E-state index in [1.54, 1.807) is 0 Å². The van der Waals surface area contributed by atoms with Crippen LogP contribution in [0, 0.1) is 0 Å². The van der Waals surface area contributed by atoms with Crippen molar-refractivity contribution in [1.82, 2.24) is 0 Å². The molecule has 0 aromatic heterocycles. The smallest absolute Gasteiger partial charge is 0.335 e. The molecule has 1 saturated heterocycles. The van der Waals surface area contributed by atoms with Gasteiger partial charge in [-0.05, 0) is 89.9 Å². The van der Waals surface area contributed by atoms with Crippen molar-refractivity contribution in [2.24, 2.45) is 0 Å². The molecule has 3 N–H and O–H groups in total. The van der Waals surface area contributed by atoms with Gasteiger partial charge in [0.2, 0.25) is 0 Å². The lowest BCUT2D eigenvalue weighted by molar-refractivity contribution is -0.301. The Hall–Kier alpha value is -3.84. The second-order valence-corrected chi connectivity index (χ2v) is 22.4. The second-order valence-electron chi connectivity index (χ2n) is 22.4. The molecule has 1 rings (SSSR count). The van der Waals surface area contributed by atoms with Gasteiger partial charge in [0, 0.05) is 19.3 Å². The van der Waals surface area contributed by atoms with E-state index in [-0.39, 0.29) is 25.9 Å². The Morgan fingerprint density at radius 3 is 1.21 bits per heavy atom. The molecule has 0 radical (unpaired) electrons. The lowest BCUT2D eigenvalue weighted by Gasteiger charge is -2.40. The van der Waals surface area contributed by atoms with E-state index in [4.69, 9.17) is 23.7 Å². The highest BCUT2D eigenvalue weighted by molar-refractivity contribution is 5.74. The van der Waals surface area contributed by atoms with Crippen molar-refractivity contribution in [2.45, 2.75) is 327 Å². The number of aliphatic carboxylic acids is 1. The van der Waals surface area contributed by atoms with Crippen molar-refractivity contribution in [2.75, 3.05) is 13.2 Å². The van der Waals surface area contributed by atoms with Gasteiger partial charge in [-0.2, -0.15) is 0 Å². The Balaban J connectivity index is 2.67. The standard InChI is InChI=1S/C69H118O12/c1-4-7-10-13-16-19-22-25-28-31-34-37-40-43-46-49-52-55-61(70)77-58-60(79-62(71)56-53-50-47-44-41-38-35-32-29-26-23-20-17-14-11-8-5-2)59-78-69-67(65(74)64(73)66(81-69)68(75)76)80-63(72)57-54-51-48-45-42-39-36-33-30-27-24-21-18-15-12-9-6-3/h9,12,16,18-19,21,25,27-28,30,36,39,60,64-67,69,73-74H,4-8,10-11,13-15,17,20,22-24,26,29,31-35,37-38,40-59H2,1-3H3,(H,75,76)/b12-9-,19-16-,21-18-,28-25-,30-27-,39-36-. The minimum absolute atomic E-state index is 0.0313. The fraction of sp³-hybridized carbons (Fsp3) is 0.768. The van der Waals surface area contributed by atoms with Gasteiger partial charge >= 0.3 is 23.9 Å². The molecule has 1 heterocycles. The van der Waals surface area contributed by atoms with Crippen molar-refractivity contribution >= 4 is 23.9 Å². The first-order chi connectivity index (χ1) is 39.6. The van der Waals surface area contributed by atoms with Crippen molar-refractivity contribution in [3.63, 3.8) is 0 Å². The highest BCUT2D eigenvalue weighted by Gasteiger charge is 2.50. The third kappa shape index (κ3) is 46.3. The van der Waals surface area contributed by atoms with Gasteiger partial charge in [-0.3, -0.25) is 14.4 Å². The highest BCUT2D eigenvalue weighted by atomic mass is 16.7. The molecule has 6 unspecified atom stereocenters. The van der Waals surface area contributed by atoms with Crippen LogP contribution in [0.5, 0.6) is 0 Å². The molecular formula is C69H118O12. The first-order valence-corrected chi connectivity index (χ1v) is 32.9. The zero-order valence-electron chi connectivity index (χ0n) is 51.5. The van der Waals surface area contributed by atoms with Gasteiger partial charge in [0.15, 0.2) is 24.6 Å². The zero-order chi connectivity index (χ0) is 58.9. The highest BCUT2D eigenvalue weighted by Crippen LogP contribution is 2.27. The van der Waals surface area contributed by atoms with Crippen LogP contribution in [0.1, 0.15) is 290 Å². The van der Waals surface area contributed by atoms with E-state index in [1.165, 1.54) is 122 Å². The summed E-state index contributed by atoms with van der Waals surface area (Å²) >= 11 is 0. The topological polar surface area (TPSA) is 175 Å². The molecule has 6 atom stereocenters. The van der Waals surface area contributed by atoms with E-state index in [0.29, 0.717) is 19.3 Å². The summed E-state index contributed by atoms with van der Waals surface area (Å²) in [5, 5.41) is 31.6. The van der Waals surface area contributed by atoms with Crippen LogP contribution in [0.15, 0.2) is 72.9 Å². The van der Waals surface area contributed by atoms with Crippen LogP contribution in [-0.2, 0) is 42.9 Å². The Kier molecular flexibility index (Phi) is 52.6. The molecule has 1 aliphatic rings. The second kappa shape index (κ2) is 56.6. The third-order valence-corrected chi connectivity index (χ3v) is 14.8. The van der Waals surface area contributed by atoms with Crippen LogP contribution in [-0.4, -0.2) is 89.2 Å². The molecule has 1 aliphatic heterocycles. The number of unbranched alkanes of at least 4 members (excludes halogenated alkanes) is 30. The maximum atomic E-state index is 13.2. The molecule has 0 aromatic carbocycles. The summed E-state index contributed by atoms with van der Waals surface area (Å²) in [5.41, 5.74) is 0. The third-order valence-electron chi connectivity index (χ3n) is 14.8. The Morgan fingerprint density at radius 1 is 0.420 bits per heavy atom. The molecule has 1 fully saturated rings. The maximum Gasteiger partial charge on any atom is 0.335 e. The van der Waals surface area contributed by atoms with Gasteiger partial charge in [0.05, 0.1) is 6.61 Å². The molecule has 0 amide bonds. The molecule has 0 aromatic rings. The lowest BCUT2D eigenvalue weighted by atomic mass is 9.98. The predicted octanol–water partition coefficient (Wildman–Crippen LogP) is 17.7. The van der Waals surface area contributed by atoms with E-state index in [9.17, 15) is 34.5 Å². The number of aliphatic hydroxyl groups is 2. The van der Waals surface area contributed by atoms with E-state index in [1.807, 2.05) is 0 Å². The number of esters is 3. The maximum absolute atomic E-state index is 13.2. The minimum atomic E-state index is -1.91. The molecule has 12 nitrogen and oxygen atoms in total. The predicted molar refractivity (Wildman–Crippen MR) is 331 cm³/mol. The summed E-state index contributed by atoms with van der Waals surface area (Å²) in [6.07, 6.45) is 60.0. The van der Waals surface area contributed by atoms with E-state index in [2.05, 4.69) is 93.7 Å². The summed E-state index contributed by atoms with van der Waals surface area (Å²) in [4.78, 5) is 51.4. The molecule has 81 heavy (non-hydrogen) atoms. The molecule has 466 valence electrons. The molecule has 0 aliphatic carbocycles. The van der Waals surface area contributed by atoms with Crippen LogP contribution in [0.3, 0.4) is 0 Å². The van der Waals surface area contributed by atoms with E-state index >= 15 is 0 Å². The van der Waals surface area contributed by atoms with Gasteiger partial charge in [-0.25, -0.2) is 4.79 Å². The summed E-state index contributed by atoms with van der Waals surface area (Å²) in [7, 11) is 0. The van der Waals surface area contributed by atoms with Crippen molar-refractivity contribution in [1.29, 1.82) is 0 Å². The van der Waals surface area contributed by atoms with Gasteiger partial charge in [0.1, 0.15) is 18.8 Å². The Labute approximate surface area is 493 Å². The number of rotatable bonds is 56. The number of aliphatic hydroxyl groups excluding tert-OH is 2. The number of carboxylic acid groups (broad SMARTS) is 1. The van der Waals surface area contributed by atoms with Crippen LogP contribution in [0.4, 0.5) is 0 Å². The van der Waals surface area contributed by atoms with Gasteiger partial charge in [-0.15, -0.1) is 0 Å². The van der Waals surface area contributed by atoms with Crippen molar-refractivity contribution < 1.29 is 58.2 Å². The van der Waals surface area contributed by atoms with Crippen LogP contribution < -0.4 is 0 Å². The summed E-state index contributed by atoms with van der Waals surface area (Å²) in [6.45, 7) is 5.88. The van der Waals surface area contributed by atoms with Gasteiger partial charge in [-0.1, -0.05) is 254 Å². The van der Waals surface area contributed by atoms with Crippen molar-refractivity contribution in [3.8, 4) is 0 Å². The number of hydrogen-bond donors (Lipinski definition) is 3. The van der Waals surface area contributed by atoms with Gasteiger partial charge in [0.25, 0.3) is 0 Å². The van der Waals surface area contributed by atoms with Crippen LogP contribution in [0.25, 0.3) is 0 Å². The van der Waals surface area contributed by atoms with Gasteiger partial charge < -0.3 is 39.0 Å². The van der Waals surface area contributed by atoms with E-state index < -0.39 is 67.3 Å². The fourth-order valence-electron chi connectivity index (χ4n) is 9.74. The Morgan fingerprint density at radius 2 is 0.778 bits per heavy atom. The molecule has 0 bridgehead atoms. The zero-order valence-corrected chi connectivity index (χ0v) is 51.5. The average Bonchev–Trinajstić information content (AvgIpc) is 3.53. The summed E-state index contributed by atoms with van der Waals surface area (Å²) in [5.74, 6) is -3.14. The number of allylic oxidation sites excluding steroid dienone is 12. The molecule has 0 saturated carbocycles. The largest absolute Gasteiger partial charge is 0.479 e. The molecule has 0 spiro atoms. The molecule has 12 heteroatoms. The molecular weight excluding hydrogens is 1020 g/mol. The monoisotopic (exact) mass is 1140 g/mol. The number of carbonyl (C=O) groups is 4. The summed E-state index contributed by atoms with van der Waals surface area (Å²) < 4.78 is 28.5. The lowest BCUT2D eigenvalue weighted by Crippen LogP contribution is -2.61. The number of hydrogen-bond acceptors (Lipinski definition) is 11.